The first-order chi connectivity index (χ1) is 11.7. The number of carbonyl (C=O) groups excluding carboxylic acids is 1. The molecule has 1 amide bonds. The summed E-state index contributed by atoms with van der Waals surface area (Å²) in [6.07, 6.45) is 1.71. The summed E-state index contributed by atoms with van der Waals surface area (Å²) < 4.78 is 14.2. The Balaban J connectivity index is 1.75. The second kappa shape index (κ2) is 7.10. The normalized spacial score (nSPS) is 10.2. The molecule has 1 N–H and O–H groups in total. The van der Waals surface area contributed by atoms with Gasteiger partial charge in [-0.15, -0.1) is 5.10 Å². The maximum Gasteiger partial charge on any atom is 0.255 e. The minimum absolute atomic E-state index is 0.219. The van der Waals surface area contributed by atoms with E-state index in [9.17, 15) is 4.79 Å². The molecular formula is C17H15N3O3S. The number of nitrogens with one attached hydrogen (secondary N) is 1. The van der Waals surface area contributed by atoms with E-state index < -0.39 is 0 Å². The van der Waals surface area contributed by atoms with Gasteiger partial charge in [0.05, 0.1) is 25.3 Å². The Labute approximate surface area is 143 Å². The minimum atomic E-state index is -0.219. The molecule has 3 aromatic rings. The monoisotopic (exact) mass is 341 g/mol. The highest BCUT2D eigenvalue weighted by Gasteiger charge is 2.11. The van der Waals surface area contributed by atoms with Gasteiger partial charge in [0.15, 0.2) is 11.5 Å². The summed E-state index contributed by atoms with van der Waals surface area (Å²) in [5.41, 5.74) is 2.20. The summed E-state index contributed by atoms with van der Waals surface area (Å²) in [5.74, 6) is 0.873. The molecule has 0 saturated heterocycles. The second-order valence-electron chi connectivity index (χ2n) is 4.88. The number of rotatable bonds is 5. The third kappa shape index (κ3) is 3.36. The van der Waals surface area contributed by atoms with E-state index in [0.29, 0.717) is 22.7 Å². The fourth-order valence-electron chi connectivity index (χ4n) is 2.19. The molecule has 0 aliphatic heterocycles. The Morgan fingerprint density at radius 2 is 1.79 bits per heavy atom. The van der Waals surface area contributed by atoms with E-state index in [4.69, 9.17) is 9.47 Å². The van der Waals surface area contributed by atoms with Gasteiger partial charge < -0.3 is 14.8 Å². The fraction of sp³-hybridized carbons (Fsp3) is 0.118. The molecule has 2 aromatic carbocycles. The third-order valence-corrected chi connectivity index (χ3v) is 4.15. The zero-order valence-corrected chi connectivity index (χ0v) is 14.0. The summed E-state index contributed by atoms with van der Waals surface area (Å²) in [7, 11) is 3.09. The Morgan fingerprint density at radius 3 is 2.42 bits per heavy atom. The van der Waals surface area contributed by atoms with E-state index in [-0.39, 0.29) is 5.91 Å². The van der Waals surface area contributed by atoms with E-state index in [1.807, 2.05) is 24.3 Å². The molecule has 0 atom stereocenters. The zero-order valence-electron chi connectivity index (χ0n) is 13.1. The topological polar surface area (TPSA) is 73.3 Å². The van der Waals surface area contributed by atoms with Gasteiger partial charge in [0.25, 0.3) is 5.91 Å². The summed E-state index contributed by atoms with van der Waals surface area (Å²) in [6, 6.07) is 12.5. The van der Waals surface area contributed by atoms with E-state index in [1.54, 1.807) is 31.5 Å². The Bertz CT molecular complexity index is 833. The van der Waals surface area contributed by atoms with Crippen molar-refractivity contribution in [2.24, 2.45) is 0 Å². The molecule has 0 aliphatic rings. The van der Waals surface area contributed by atoms with Crippen molar-refractivity contribution in [3.63, 3.8) is 0 Å². The van der Waals surface area contributed by atoms with Crippen molar-refractivity contribution in [3.8, 4) is 21.9 Å². The van der Waals surface area contributed by atoms with Crippen LogP contribution in [0.3, 0.4) is 0 Å². The Hall–Kier alpha value is -2.93. The lowest BCUT2D eigenvalue weighted by Crippen LogP contribution is -2.12. The Kier molecular flexibility index (Phi) is 4.72. The molecule has 24 heavy (non-hydrogen) atoms. The lowest BCUT2D eigenvalue weighted by atomic mass is 10.1. The van der Waals surface area contributed by atoms with Crippen LogP contribution in [0, 0.1) is 0 Å². The maximum atomic E-state index is 12.4. The van der Waals surface area contributed by atoms with Crippen molar-refractivity contribution < 1.29 is 14.3 Å². The molecule has 6 nitrogen and oxygen atoms in total. The number of ether oxygens (including phenoxy) is 2. The van der Waals surface area contributed by atoms with Crippen molar-refractivity contribution in [1.29, 1.82) is 0 Å². The molecule has 0 unspecified atom stereocenters. The van der Waals surface area contributed by atoms with E-state index in [1.165, 1.54) is 18.6 Å². The van der Waals surface area contributed by atoms with Gasteiger partial charge in [0, 0.05) is 11.3 Å². The van der Waals surface area contributed by atoms with Crippen LogP contribution >= 0.6 is 11.5 Å². The van der Waals surface area contributed by atoms with Gasteiger partial charge in [-0.05, 0) is 47.4 Å². The molecule has 0 radical (unpaired) electrons. The summed E-state index contributed by atoms with van der Waals surface area (Å²) in [5, 5.41) is 6.67. The highest BCUT2D eigenvalue weighted by atomic mass is 32.1. The number of anilines is 1. The number of nitrogens with zero attached hydrogens (tertiary/aromatic N) is 2. The van der Waals surface area contributed by atoms with Crippen molar-refractivity contribution in [2.75, 3.05) is 19.5 Å². The van der Waals surface area contributed by atoms with Crippen LogP contribution in [0.5, 0.6) is 11.5 Å². The standard InChI is InChI=1S/C17H15N3O3S/c1-22-14-8-5-12(9-15(14)23-2)17(21)19-13-6-3-11(4-7-13)16-10-18-20-24-16/h3-10H,1-2H3,(H,19,21). The van der Waals surface area contributed by atoms with Crippen molar-refractivity contribution in [2.45, 2.75) is 0 Å². The first-order valence-electron chi connectivity index (χ1n) is 7.12. The third-order valence-electron chi connectivity index (χ3n) is 3.43. The van der Waals surface area contributed by atoms with Gasteiger partial charge in [-0.2, -0.15) is 0 Å². The SMILES string of the molecule is COc1ccc(C(=O)Nc2ccc(-c3cnns3)cc2)cc1OC. The predicted octanol–water partition coefficient (Wildman–Crippen LogP) is 3.47. The van der Waals surface area contributed by atoms with Crippen LogP contribution in [-0.4, -0.2) is 29.7 Å². The number of benzene rings is 2. The highest BCUT2D eigenvalue weighted by molar-refractivity contribution is 7.09. The number of methoxy groups -OCH3 is 2. The van der Waals surface area contributed by atoms with Gasteiger partial charge in [0.2, 0.25) is 0 Å². The number of carbonyl (C=O) groups is 1. The second-order valence-corrected chi connectivity index (χ2v) is 5.67. The van der Waals surface area contributed by atoms with Gasteiger partial charge >= 0.3 is 0 Å². The number of amides is 1. The van der Waals surface area contributed by atoms with Crippen LogP contribution in [0.2, 0.25) is 0 Å². The molecule has 122 valence electrons. The first-order valence-corrected chi connectivity index (χ1v) is 7.90. The largest absolute Gasteiger partial charge is 0.493 e. The van der Waals surface area contributed by atoms with Crippen molar-refractivity contribution >= 4 is 23.1 Å². The molecule has 0 aliphatic carbocycles. The van der Waals surface area contributed by atoms with E-state index >= 15 is 0 Å². The molecule has 1 aromatic heterocycles. The van der Waals surface area contributed by atoms with Crippen LogP contribution in [0.4, 0.5) is 5.69 Å². The minimum Gasteiger partial charge on any atom is -0.493 e. The number of aromatic nitrogens is 2. The quantitative estimate of drug-likeness (QED) is 0.769. The van der Waals surface area contributed by atoms with Crippen LogP contribution < -0.4 is 14.8 Å². The van der Waals surface area contributed by atoms with Gasteiger partial charge in [0.1, 0.15) is 0 Å². The van der Waals surface area contributed by atoms with Crippen LogP contribution in [0.25, 0.3) is 10.4 Å². The molecule has 1 heterocycles. The van der Waals surface area contributed by atoms with E-state index in [2.05, 4.69) is 14.9 Å². The molecule has 3 rings (SSSR count). The lowest BCUT2D eigenvalue weighted by Gasteiger charge is -2.10. The summed E-state index contributed by atoms with van der Waals surface area (Å²) in [4.78, 5) is 13.3. The molecular weight excluding hydrogens is 326 g/mol. The Morgan fingerprint density at radius 1 is 1.04 bits per heavy atom. The van der Waals surface area contributed by atoms with Gasteiger partial charge in [-0.1, -0.05) is 16.6 Å². The molecule has 0 fully saturated rings. The lowest BCUT2D eigenvalue weighted by molar-refractivity contribution is 0.102. The fourth-order valence-corrected chi connectivity index (χ4v) is 2.71. The predicted molar refractivity (Wildman–Crippen MR) is 92.8 cm³/mol. The number of hydrogen-bond donors (Lipinski definition) is 1. The maximum absolute atomic E-state index is 12.4. The molecule has 0 spiro atoms. The van der Waals surface area contributed by atoms with Crippen LogP contribution in [-0.2, 0) is 0 Å². The van der Waals surface area contributed by atoms with Crippen molar-refractivity contribution in [3.05, 3.63) is 54.2 Å². The smallest absolute Gasteiger partial charge is 0.255 e. The van der Waals surface area contributed by atoms with Crippen LogP contribution in [0.15, 0.2) is 48.7 Å². The summed E-state index contributed by atoms with van der Waals surface area (Å²) in [6.45, 7) is 0. The van der Waals surface area contributed by atoms with Crippen molar-refractivity contribution in [1.82, 2.24) is 9.59 Å². The summed E-state index contributed by atoms with van der Waals surface area (Å²) >= 11 is 1.33. The van der Waals surface area contributed by atoms with Gasteiger partial charge in [-0.3, -0.25) is 4.79 Å². The number of hydrogen-bond acceptors (Lipinski definition) is 6. The average Bonchev–Trinajstić information content (AvgIpc) is 3.16. The van der Waals surface area contributed by atoms with Gasteiger partial charge in [-0.25, -0.2) is 0 Å². The molecule has 0 saturated carbocycles. The molecule has 7 heteroatoms. The average molecular weight is 341 g/mol. The first kappa shape index (κ1) is 15.9. The van der Waals surface area contributed by atoms with Crippen LogP contribution in [0.1, 0.15) is 10.4 Å². The van der Waals surface area contributed by atoms with E-state index in [0.717, 1.165) is 10.4 Å². The highest BCUT2D eigenvalue weighted by Crippen LogP contribution is 2.28. The zero-order chi connectivity index (χ0) is 16.9. The molecule has 0 bridgehead atoms.